The van der Waals surface area contributed by atoms with Gasteiger partial charge in [-0.25, -0.2) is 0 Å². The molecule has 4 rings (SSSR count). The van der Waals surface area contributed by atoms with E-state index in [2.05, 4.69) is 0 Å². The van der Waals surface area contributed by atoms with E-state index in [4.69, 9.17) is 0 Å². The third kappa shape index (κ3) is 6.49. The number of halogens is 1. The van der Waals surface area contributed by atoms with Crippen LogP contribution in [0.4, 0.5) is 0 Å². The van der Waals surface area contributed by atoms with Gasteiger partial charge in [-0.05, 0) is 12.8 Å². The fourth-order valence-electron chi connectivity index (χ4n) is 4.16. The van der Waals surface area contributed by atoms with Crippen molar-refractivity contribution in [2.75, 3.05) is 12.3 Å². The van der Waals surface area contributed by atoms with E-state index in [-0.39, 0.29) is 32.8 Å². The van der Waals surface area contributed by atoms with E-state index < -0.39 is 14.3 Å². The molecule has 0 saturated heterocycles. The topological polar surface area (TPSA) is 34.1 Å². The minimum Gasteiger partial charge on any atom is -1.00 e. The van der Waals surface area contributed by atoms with E-state index in [9.17, 15) is 9.13 Å². The van der Waals surface area contributed by atoms with Gasteiger partial charge < -0.3 is 21.5 Å². The van der Waals surface area contributed by atoms with Crippen molar-refractivity contribution in [1.29, 1.82) is 0 Å². The van der Waals surface area contributed by atoms with Crippen molar-refractivity contribution in [2.45, 2.75) is 12.8 Å². The standard InChI is InChI=1S/C28H28O2P2.ClH.Pd/c29-31(25-15-5-1-6-16-25,26-17-7-2-8-18-26)23-13-14-24-32(30,27-19-9-3-10-20-27)28-21-11-4-12-22-28;;/h1-12,15-22H,13-14,23-24H2;1H;/q;;+2/p-1. The Morgan fingerprint density at radius 1 is 0.412 bits per heavy atom. The first-order chi connectivity index (χ1) is 15.6. The molecule has 0 aliphatic rings. The summed E-state index contributed by atoms with van der Waals surface area (Å²) in [5.41, 5.74) is 0. The minimum atomic E-state index is -2.74. The van der Waals surface area contributed by atoms with Gasteiger partial charge in [-0.1, -0.05) is 121 Å². The first-order valence-corrected chi connectivity index (χ1v) is 14.8. The van der Waals surface area contributed by atoms with E-state index in [1.165, 1.54) is 0 Å². The second kappa shape index (κ2) is 13.4. The van der Waals surface area contributed by atoms with Gasteiger partial charge in [0, 0.05) is 33.5 Å². The molecule has 34 heavy (non-hydrogen) atoms. The Bertz CT molecular complexity index is 1030. The van der Waals surface area contributed by atoms with Crippen molar-refractivity contribution in [3.8, 4) is 0 Å². The minimum absolute atomic E-state index is 0. The second-order valence-corrected chi connectivity index (χ2v) is 13.9. The Morgan fingerprint density at radius 2 is 0.618 bits per heavy atom. The van der Waals surface area contributed by atoms with Crippen LogP contribution >= 0.6 is 14.3 Å². The Balaban J connectivity index is 0.00000204. The van der Waals surface area contributed by atoms with E-state index in [0.717, 1.165) is 34.1 Å². The Kier molecular flexibility index (Phi) is 11.2. The van der Waals surface area contributed by atoms with Gasteiger partial charge in [-0.15, -0.1) is 0 Å². The summed E-state index contributed by atoms with van der Waals surface area (Å²) in [4.78, 5) is 0. The van der Waals surface area contributed by atoms with Gasteiger partial charge in [0.1, 0.15) is 14.3 Å². The molecule has 4 aromatic carbocycles. The van der Waals surface area contributed by atoms with Gasteiger partial charge in [-0.3, -0.25) is 0 Å². The molecular weight excluding hydrogens is 572 g/mol. The maximum Gasteiger partial charge on any atom is 2.00 e. The summed E-state index contributed by atoms with van der Waals surface area (Å²) in [7, 11) is -5.48. The van der Waals surface area contributed by atoms with Crippen molar-refractivity contribution in [3.05, 3.63) is 121 Å². The van der Waals surface area contributed by atoms with Gasteiger partial charge in [0.05, 0.1) is 0 Å². The smallest absolute Gasteiger partial charge is 1.00 e. The van der Waals surface area contributed by atoms with Gasteiger partial charge in [0.15, 0.2) is 0 Å². The third-order valence-corrected chi connectivity index (χ3v) is 12.3. The van der Waals surface area contributed by atoms with E-state index >= 15 is 0 Å². The average Bonchev–Trinajstić information content (AvgIpc) is 2.88. The molecule has 0 aromatic heterocycles. The predicted octanol–water partition coefficient (Wildman–Crippen LogP) is 2.80. The summed E-state index contributed by atoms with van der Waals surface area (Å²) in [5.74, 6) is 0. The molecule has 0 saturated carbocycles. The summed E-state index contributed by atoms with van der Waals surface area (Å²) in [6, 6.07) is 39.1. The molecule has 0 aliphatic heterocycles. The maximum absolute atomic E-state index is 14.2. The molecular formula is C28H28ClO2P2Pd+. The summed E-state index contributed by atoms with van der Waals surface area (Å²) in [6.07, 6.45) is 2.66. The van der Waals surface area contributed by atoms with Crippen LogP contribution in [0.25, 0.3) is 0 Å². The molecule has 6 heteroatoms. The molecule has 178 valence electrons. The molecule has 0 unspecified atom stereocenters. The van der Waals surface area contributed by atoms with Crippen LogP contribution in [0.3, 0.4) is 0 Å². The largest absolute Gasteiger partial charge is 2.00 e. The molecule has 0 N–H and O–H groups in total. The third-order valence-electron chi connectivity index (χ3n) is 5.89. The van der Waals surface area contributed by atoms with Crippen LogP contribution in [0.15, 0.2) is 121 Å². The summed E-state index contributed by atoms with van der Waals surface area (Å²) in [5, 5.41) is 3.56. The molecule has 2 nitrogen and oxygen atoms in total. The quantitative estimate of drug-likeness (QED) is 0.168. The van der Waals surface area contributed by atoms with Crippen molar-refractivity contribution >= 4 is 35.5 Å². The fourth-order valence-corrected chi connectivity index (χ4v) is 9.74. The van der Waals surface area contributed by atoms with Crippen molar-refractivity contribution in [2.24, 2.45) is 0 Å². The van der Waals surface area contributed by atoms with Crippen LogP contribution in [0.5, 0.6) is 0 Å². The van der Waals surface area contributed by atoms with Crippen LogP contribution < -0.4 is 33.6 Å². The van der Waals surface area contributed by atoms with Crippen LogP contribution in [-0.2, 0) is 29.6 Å². The van der Waals surface area contributed by atoms with Crippen LogP contribution in [0, 0.1) is 0 Å². The van der Waals surface area contributed by atoms with Crippen molar-refractivity contribution in [3.63, 3.8) is 0 Å². The first kappa shape index (κ1) is 28.5. The molecule has 0 bridgehead atoms. The summed E-state index contributed by atoms with van der Waals surface area (Å²) < 4.78 is 28.4. The molecule has 0 amide bonds. The molecule has 0 fully saturated rings. The van der Waals surface area contributed by atoms with Crippen molar-refractivity contribution < 1.29 is 42.0 Å². The number of benzene rings is 4. The van der Waals surface area contributed by atoms with Crippen LogP contribution in [0.1, 0.15) is 12.8 Å². The zero-order valence-electron chi connectivity index (χ0n) is 18.8. The van der Waals surface area contributed by atoms with E-state index in [0.29, 0.717) is 12.3 Å². The maximum atomic E-state index is 14.2. The SMILES string of the molecule is O=P(CCCCP(=O)(c1ccccc1)c1ccccc1)(c1ccccc1)c1ccccc1.[Cl-].[Pd+2]. The number of rotatable bonds is 9. The Morgan fingerprint density at radius 3 is 0.824 bits per heavy atom. The predicted molar refractivity (Wildman–Crippen MR) is 138 cm³/mol. The van der Waals surface area contributed by atoms with Crippen molar-refractivity contribution in [1.82, 2.24) is 0 Å². The molecule has 0 radical (unpaired) electrons. The van der Waals surface area contributed by atoms with Crippen LogP contribution in [0.2, 0.25) is 0 Å². The first-order valence-electron chi connectivity index (χ1n) is 11.0. The number of hydrogen-bond acceptors (Lipinski definition) is 2. The average molecular weight is 600 g/mol. The van der Waals surface area contributed by atoms with Gasteiger partial charge in [-0.2, -0.15) is 0 Å². The molecule has 0 aliphatic carbocycles. The normalized spacial score (nSPS) is 11.2. The molecule has 0 spiro atoms. The van der Waals surface area contributed by atoms with Crippen LogP contribution in [-0.4, -0.2) is 12.3 Å². The Hall–Kier alpha value is -1.71. The zero-order chi connectivity index (χ0) is 22.3. The van der Waals surface area contributed by atoms with Gasteiger partial charge >= 0.3 is 20.4 Å². The summed E-state index contributed by atoms with van der Waals surface area (Å²) >= 11 is 0. The summed E-state index contributed by atoms with van der Waals surface area (Å²) in [6.45, 7) is 0. The van der Waals surface area contributed by atoms with Gasteiger partial charge in [0.2, 0.25) is 0 Å². The number of unbranched alkanes of at least 4 members (excludes halogenated alkanes) is 1. The molecule has 0 atom stereocenters. The van der Waals surface area contributed by atoms with Gasteiger partial charge in [0.25, 0.3) is 0 Å². The molecule has 0 heterocycles. The molecule has 4 aromatic rings. The fraction of sp³-hybridized carbons (Fsp3) is 0.143. The zero-order valence-corrected chi connectivity index (χ0v) is 22.9. The monoisotopic (exact) mass is 599 g/mol. The van der Waals surface area contributed by atoms with E-state index in [1.54, 1.807) is 0 Å². The van der Waals surface area contributed by atoms with E-state index in [1.807, 2.05) is 121 Å². The second-order valence-electron chi connectivity index (χ2n) is 7.98. The Labute approximate surface area is 223 Å². The number of hydrogen-bond donors (Lipinski definition) is 0.